The van der Waals surface area contributed by atoms with Gasteiger partial charge < -0.3 is 10.7 Å². The van der Waals surface area contributed by atoms with Gasteiger partial charge >= 0.3 is 0 Å². The van der Waals surface area contributed by atoms with E-state index in [1.165, 1.54) is 15.6 Å². The van der Waals surface area contributed by atoms with Crippen molar-refractivity contribution >= 4 is 27.5 Å². The molecular formula is C16H20FN5O3S2. The van der Waals surface area contributed by atoms with Gasteiger partial charge in [0.05, 0.1) is 17.3 Å². The van der Waals surface area contributed by atoms with E-state index in [2.05, 4.69) is 10.2 Å². The number of hydrogen-bond acceptors (Lipinski definition) is 7. The fourth-order valence-electron chi connectivity index (χ4n) is 2.85. The fraction of sp³-hybridized carbons (Fsp3) is 0.438. The Morgan fingerprint density at radius 2 is 2.15 bits per heavy atom. The second kappa shape index (κ2) is 7.85. The maximum atomic E-state index is 13.8. The first kappa shape index (κ1) is 19.6. The topological polar surface area (TPSA) is 111 Å². The molecule has 1 amide bonds. The van der Waals surface area contributed by atoms with E-state index in [4.69, 9.17) is 5.84 Å². The molecule has 1 saturated heterocycles. The molecule has 27 heavy (non-hydrogen) atoms. The number of sulfone groups is 1. The highest BCUT2D eigenvalue weighted by atomic mass is 32.2. The van der Waals surface area contributed by atoms with Gasteiger partial charge in [0, 0.05) is 19.5 Å². The van der Waals surface area contributed by atoms with Crippen LogP contribution in [0.5, 0.6) is 0 Å². The Labute approximate surface area is 160 Å². The van der Waals surface area contributed by atoms with Crippen LogP contribution in [-0.4, -0.2) is 64.4 Å². The molecule has 146 valence electrons. The quantitative estimate of drug-likeness (QED) is 0.541. The molecule has 2 aromatic rings. The predicted molar refractivity (Wildman–Crippen MR) is 99.9 cm³/mol. The van der Waals surface area contributed by atoms with E-state index < -0.39 is 9.84 Å². The lowest BCUT2D eigenvalue weighted by molar-refractivity contribution is -0.128. The molecular weight excluding hydrogens is 393 g/mol. The van der Waals surface area contributed by atoms with Gasteiger partial charge in [-0.1, -0.05) is 30.0 Å². The molecule has 2 heterocycles. The number of halogens is 1. The highest BCUT2D eigenvalue weighted by Gasteiger charge is 2.32. The Bertz CT molecular complexity index is 947. The number of rotatable bonds is 6. The van der Waals surface area contributed by atoms with Gasteiger partial charge in [-0.2, -0.15) is 0 Å². The maximum Gasteiger partial charge on any atom is 0.233 e. The van der Waals surface area contributed by atoms with Gasteiger partial charge in [0.15, 0.2) is 15.7 Å². The standard InChI is InChI=1S/C16H20FN5O3S2/c1-21(12-6-7-27(24,25)10-12)15(23)9-26-16-20-19-14(22(16)18)8-11-4-2-3-5-13(11)17/h2-5,12H,6-10,18H2,1H3/t12-/m0/s1. The molecule has 1 atom stereocenters. The third-order valence-electron chi connectivity index (χ3n) is 4.52. The van der Waals surface area contributed by atoms with Crippen LogP contribution < -0.4 is 5.84 Å². The number of nitrogen functional groups attached to an aromatic ring is 1. The number of nitrogens with zero attached hydrogens (tertiary/aromatic N) is 4. The molecule has 3 rings (SSSR count). The molecule has 8 nitrogen and oxygen atoms in total. The van der Waals surface area contributed by atoms with Gasteiger partial charge in [0.2, 0.25) is 11.1 Å². The lowest BCUT2D eigenvalue weighted by atomic mass is 10.1. The molecule has 0 bridgehead atoms. The minimum atomic E-state index is -3.06. The third kappa shape index (κ3) is 4.59. The molecule has 11 heteroatoms. The van der Waals surface area contributed by atoms with Crippen LogP contribution >= 0.6 is 11.8 Å². The Balaban J connectivity index is 1.59. The van der Waals surface area contributed by atoms with Crippen LogP contribution in [0, 0.1) is 5.82 Å². The Kier molecular flexibility index (Phi) is 5.70. The minimum Gasteiger partial charge on any atom is -0.341 e. The van der Waals surface area contributed by atoms with Crippen LogP contribution in [0.15, 0.2) is 29.4 Å². The Morgan fingerprint density at radius 1 is 1.41 bits per heavy atom. The van der Waals surface area contributed by atoms with Crippen LogP contribution in [-0.2, 0) is 21.1 Å². The second-order valence-corrected chi connectivity index (χ2v) is 9.56. The first-order chi connectivity index (χ1) is 12.8. The number of amides is 1. The first-order valence-electron chi connectivity index (χ1n) is 8.28. The fourth-order valence-corrected chi connectivity index (χ4v) is 5.42. The smallest absolute Gasteiger partial charge is 0.233 e. The summed E-state index contributed by atoms with van der Waals surface area (Å²) >= 11 is 1.11. The van der Waals surface area contributed by atoms with E-state index in [0.717, 1.165) is 11.8 Å². The molecule has 2 N–H and O–H groups in total. The van der Waals surface area contributed by atoms with Crippen LogP contribution in [0.3, 0.4) is 0 Å². The van der Waals surface area contributed by atoms with Crippen molar-refractivity contribution in [3.05, 3.63) is 41.5 Å². The van der Waals surface area contributed by atoms with Crippen molar-refractivity contribution in [3.8, 4) is 0 Å². The number of hydrogen-bond donors (Lipinski definition) is 1. The molecule has 0 unspecified atom stereocenters. The van der Waals surface area contributed by atoms with Crippen LogP contribution in [0.2, 0.25) is 0 Å². The normalized spacial score (nSPS) is 18.5. The summed E-state index contributed by atoms with van der Waals surface area (Å²) in [5.74, 6) is 5.96. The Morgan fingerprint density at radius 3 is 2.81 bits per heavy atom. The van der Waals surface area contributed by atoms with Crippen molar-refractivity contribution in [2.75, 3.05) is 30.1 Å². The van der Waals surface area contributed by atoms with Crippen LogP contribution in [0.4, 0.5) is 4.39 Å². The minimum absolute atomic E-state index is 0.000232. The van der Waals surface area contributed by atoms with Crippen LogP contribution in [0.1, 0.15) is 17.8 Å². The summed E-state index contributed by atoms with van der Waals surface area (Å²) in [5, 5.41) is 8.26. The van der Waals surface area contributed by atoms with E-state index in [1.54, 1.807) is 25.2 Å². The van der Waals surface area contributed by atoms with Gasteiger partial charge in [0.25, 0.3) is 0 Å². The highest BCUT2D eigenvalue weighted by molar-refractivity contribution is 7.99. The number of aromatic nitrogens is 3. The molecule has 1 aromatic carbocycles. The number of benzene rings is 1. The predicted octanol–water partition coefficient (Wildman–Crippen LogP) is 0.459. The summed E-state index contributed by atoms with van der Waals surface area (Å²) in [5.41, 5.74) is 0.450. The molecule has 0 aliphatic carbocycles. The molecule has 1 aromatic heterocycles. The summed E-state index contributed by atoms with van der Waals surface area (Å²) in [7, 11) is -1.45. The van der Waals surface area contributed by atoms with Crippen LogP contribution in [0.25, 0.3) is 0 Å². The summed E-state index contributed by atoms with van der Waals surface area (Å²) < 4.78 is 38.1. The van der Waals surface area contributed by atoms with E-state index in [0.29, 0.717) is 23.0 Å². The van der Waals surface area contributed by atoms with E-state index in [1.807, 2.05) is 0 Å². The maximum absolute atomic E-state index is 13.8. The highest BCUT2D eigenvalue weighted by Crippen LogP contribution is 2.20. The summed E-state index contributed by atoms with van der Waals surface area (Å²) in [4.78, 5) is 13.8. The van der Waals surface area contributed by atoms with Crippen molar-refractivity contribution in [2.45, 2.75) is 24.0 Å². The third-order valence-corrected chi connectivity index (χ3v) is 7.19. The molecule has 1 aliphatic rings. The summed E-state index contributed by atoms with van der Waals surface area (Å²) in [6.45, 7) is 0. The average Bonchev–Trinajstić information content (AvgIpc) is 3.17. The van der Waals surface area contributed by atoms with E-state index >= 15 is 0 Å². The van der Waals surface area contributed by atoms with Gasteiger partial charge in [0.1, 0.15) is 5.82 Å². The van der Waals surface area contributed by atoms with Crippen molar-refractivity contribution in [2.24, 2.45) is 0 Å². The number of carbonyl (C=O) groups is 1. The summed E-state index contributed by atoms with van der Waals surface area (Å²) in [6, 6.07) is 6.04. The zero-order chi connectivity index (χ0) is 19.6. The van der Waals surface area contributed by atoms with Crippen molar-refractivity contribution < 1.29 is 17.6 Å². The van der Waals surface area contributed by atoms with Gasteiger partial charge in [-0.25, -0.2) is 17.5 Å². The average molecular weight is 414 g/mol. The lowest BCUT2D eigenvalue weighted by Gasteiger charge is -2.23. The van der Waals surface area contributed by atoms with Gasteiger partial charge in [-0.15, -0.1) is 10.2 Å². The van der Waals surface area contributed by atoms with E-state index in [9.17, 15) is 17.6 Å². The summed E-state index contributed by atoms with van der Waals surface area (Å²) in [6.07, 6.45) is 0.639. The first-order valence-corrected chi connectivity index (χ1v) is 11.1. The van der Waals surface area contributed by atoms with Gasteiger partial charge in [-0.05, 0) is 18.1 Å². The number of carbonyl (C=O) groups excluding carboxylic acids is 1. The van der Waals surface area contributed by atoms with Crippen molar-refractivity contribution in [1.82, 2.24) is 19.8 Å². The molecule has 1 aliphatic heterocycles. The van der Waals surface area contributed by atoms with Crippen molar-refractivity contribution in [1.29, 1.82) is 0 Å². The van der Waals surface area contributed by atoms with Gasteiger partial charge in [-0.3, -0.25) is 4.79 Å². The monoisotopic (exact) mass is 413 g/mol. The largest absolute Gasteiger partial charge is 0.341 e. The molecule has 0 saturated carbocycles. The van der Waals surface area contributed by atoms with Crippen molar-refractivity contribution in [3.63, 3.8) is 0 Å². The SMILES string of the molecule is CN(C(=O)CSc1nnc(Cc2ccccc2F)n1N)[C@H]1CCS(=O)(=O)C1. The zero-order valence-electron chi connectivity index (χ0n) is 14.7. The van der Waals surface area contributed by atoms with E-state index in [-0.39, 0.29) is 41.4 Å². The Hall–Kier alpha value is -2.14. The molecule has 1 fully saturated rings. The number of thioether (sulfide) groups is 1. The number of nitrogens with two attached hydrogens (primary N) is 1. The zero-order valence-corrected chi connectivity index (χ0v) is 16.3. The molecule has 0 spiro atoms. The molecule has 0 radical (unpaired) electrons. The lowest BCUT2D eigenvalue weighted by Crippen LogP contribution is -2.38. The second-order valence-electron chi connectivity index (χ2n) is 6.39.